The molecule has 0 saturated carbocycles. The van der Waals surface area contributed by atoms with Gasteiger partial charge in [-0.15, -0.1) is 10.2 Å². The molecule has 2 heterocycles. The van der Waals surface area contributed by atoms with Crippen molar-refractivity contribution in [3.63, 3.8) is 0 Å². The molecule has 0 fully saturated rings. The third kappa shape index (κ3) is 2.85. The van der Waals surface area contributed by atoms with Gasteiger partial charge in [-0.2, -0.15) is 0 Å². The largest absolute Gasteiger partial charge is 0.362 e. The molecule has 0 aliphatic rings. The number of nitrogens with two attached hydrogens (primary N) is 1. The maximum absolute atomic E-state index is 5.49. The summed E-state index contributed by atoms with van der Waals surface area (Å²) in [5, 5.41) is 11.3. The zero-order valence-electron chi connectivity index (χ0n) is 12.0. The van der Waals surface area contributed by atoms with Crippen LogP contribution in [0.4, 0.5) is 11.6 Å². The summed E-state index contributed by atoms with van der Waals surface area (Å²) in [4.78, 5) is 8.81. The molecule has 8 nitrogen and oxygen atoms in total. The summed E-state index contributed by atoms with van der Waals surface area (Å²) in [6.07, 6.45) is 2.46. The van der Waals surface area contributed by atoms with Gasteiger partial charge < -0.3 is 15.3 Å². The van der Waals surface area contributed by atoms with Crippen LogP contribution in [-0.4, -0.2) is 24.7 Å². The number of nitrogen functional groups attached to an aromatic ring is 1. The highest BCUT2D eigenvalue weighted by Crippen LogP contribution is 2.19. The van der Waals surface area contributed by atoms with Crippen LogP contribution in [0, 0.1) is 6.92 Å². The van der Waals surface area contributed by atoms with E-state index in [9.17, 15) is 0 Å². The Bertz CT molecular complexity index is 577. The number of anilines is 2. The van der Waals surface area contributed by atoms with Crippen LogP contribution >= 0.6 is 0 Å². The predicted octanol–water partition coefficient (Wildman–Crippen LogP) is 0.857. The lowest BCUT2D eigenvalue weighted by molar-refractivity contribution is 0.706. The van der Waals surface area contributed by atoms with Gasteiger partial charge in [-0.05, 0) is 13.8 Å². The number of aryl methyl sites for hydroxylation is 2. The standard InChI is InChI=1S/C12H20N8/c1-4-9-16-11(8(3)12(17-9)18-13)14-6-10-19-15-7-20(10)5-2/h7H,4-6,13H2,1-3H3,(H2,14,16,17,18). The molecule has 0 bridgehead atoms. The molecule has 0 radical (unpaired) electrons. The Labute approximate surface area is 117 Å². The smallest absolute Gasteiger partial charge is 0.152 e. The van der Waals surface area contributed by atoms with Crippen molar-refractivity contribution in [1.82, 2.24) is 24.7 Å². The molecule has 20 heavy (non-hydrogen) atoms. The van der Waals surface area contributed by atoms with Crippen molar-refractivity contribution in [2.24, 2.45) is 5.84 Å². The zero-order valence-corrected chi connectivity index (χ0v) is 12.0. The van der Waals surface area contributed by atoms with Crippen LogP contribution in [-0.2, 0) is 19.5 Å². The monoisotopic (exact) mass is 276 g/mol. The quantitative estimate of drug-likeness (QED) is 0.530. The molecule has 0 atom stereocenters. The lowest BCUT2D eigenvalue weighted by atomic mass is 10.3. The van der Waals surface area contributed by atoms with Crippen LogP contribution in [0.25, 0.3) is 0 Å². The normalized spacial score (nSPS) is 10.6. The molecule has 0 amide bonds. The first-order chi connectivity index (χ1) is 9.69. The van der Waals surface area contributed by atoms with E-state index in [0.717, 1.165) is 36.0 Å². The fourth-order valence-electron chi connectivity index (χ4n) is 1.88. The summed E-state index contributed by atoms with van der Waals surface area (Å²) in [6, 6.07) is 0. The Morgan fingerprint density at radius 1 is 1.25 bits per heavy atom. The van der Waals surface area contributed by atoms with Gasteiger partial charge in [0.05, 0.1) is 6.54 Å². The highest BCUT2D eigenvalue weighted by atomic mass is 15.3. The second-order valence-electron chi connectivity index (χ2n) is 4.35. The highest BCUT2D eigenvalue weighted by molar-refractivity contribution is 5.56. The van der Waals surface area contributed by atoms with E-state index in [4.69, 9.17) is 5.84 Å². The van der Waals surface area contributed by atoms with Gasteiger partial charge in [0, 0.05) is 18.5 Å². The minimum absolute atomic E-state index is 0.554. The van der Waals surface area contributed by atoms with Crippen molar-refractivity contribution >= 4 is 11.6 Å². The Balaban J connectivity index is 2.20. The zero-order chi connectivity index (χ0) is 14.5. The molecule has 4 N–H and O–H groups in total. The van der Waals surface area contributed by atoms with Crippen LogP contribution in [0.1, 0.15) is 31.1 Å². The Kier molecular flexibility index (Phi) is 4.46. The first-order valence-corrected chi connectivity index (χ1v) is 6.64. The Morgan fingerprint density at radius 2 is 2.00 bits per heavy atom. The van der Waals surface area contributed by atoms with Crippen molar-refractivity contribution < 1.29 is 0 Å². The van der Waals surface area contributed by atoms with Gasteiger partial charge in [0.25, 0.3) is 0 Å². The van der Waals surface area contributed by atoms with Crippen LogP contribution < -0.4 is 16.6 Å². The molecule has 2 rings (SSSR count). The van der Waals surface area contributed by atoms with E-state index in [2.05, 4.69) is 37.8 Å². The molecule has 108 valence electrons. The van der Waals surface area contributed by atoms with Gasteiger partial charge >= 0.3 is 0 Å². The summed E-state index contributed by atoms with van der Waals surface area (Å²) in [5.41, 5.74) is 3.48. The number of hydrogen-bond donors (Lipinski definition) is 3. The maximum atomic E-state index is 5.49. The third-order valence-corrected chi connectivity index (χ3v) is 3.10. The molecular formula is C12H20N8. The molecule has 0 aromatic carbocycles. The molecule has 0 aliphatic heterocycles. The van der Waals surface area contributed by atoms with Crippen LogP contribution in [0.5, 0.6) is 0 Å². The minimum Gasteiger partial charge on any atom is -0.362 e. The van der Waals surface area contributed by atoms with Crippen LogP contribution in [0.15, 0.2) is 6.33 Å². The number of nitrogens with one attached hydrogen (secondary N) is 2. The van der Waals surface area contributed by atoms with Gasteiger partial charge in [0.15, 0.2) is 5.82 Å². The predicted molar refractivity (Wildman–Crippen MR) is 77.0 cm³/mol. The maximum Gasteiger partial charge on any atom is 0.152 e. The fourth-order valence-corrected chi connectivity index (χ4v) is 1.88. The molecule has 0 spiro atoms. The summed E-state index contributed by atoms with van der Waals surface area (Å²) in [6.45, 7) is 7.36. The van der Waals surface area contributed by atoms with Gasteiger partial charge in [-0.1, -0.05) is 6.92 Å². The van der Waals surface area contributed by atoms with E-state index < -0.39 is 0 Å². The van der Waals surface area contributed by atoms with E-state index in [1.54, 1.807) is 6.33 Å². The van der Waals surface area contributed by atoms with Crippen molar-refractivity contribution in [3.8, 4) is 0 Å². The number of rotatable bonds is 6. The second-order valence-corrected chi connectivity index (χ2v) is 4.35. The molecule has 2 aromatic heterocycles. The highest BCUT2D eigenvalue weighted by Gasteiger charge is 2.10. The van der Waals surface area contributed by atoms with E-state index in [1.807, 2.05) is 18.4 Å². The molecule has 2 aromatic rings. The molecule has 0 unspecified atom stereocenters. The number of aromatic nitrogens is 5. The SMILES string of the molecule is CCc1nc(NN)c(C)c(NCc2nncn2CC)n1. The first kappa shape index (κ1) is 14.2. The average Bonchev–Trinajstić information content (AvgIpc) is 2.93. The van der Waals surface area contributed by atoms with Gasteiger partial charge in [-0.25, -0.2) is 15.8 Å². The number of hydrogen-bond acceptors (Lipinski definition) is 7. The van der Waals surface area contributed by atoms with E-state index >= 15 is 0 Å². The van der Waals surface area contributed by atoms with Crippen molar-refractivity contribution in [2.75, 3.05) is 10.7 Å². The summed E-state index contributed by atoms with van der Waals surface area (Å²) in [7, 11) is 0. The fraction of sp³-hybridized carbons (Fsp3) is 0.500. The Morgan fingerprint density at radius 3 is 2.65 bits per heavy atom. The topological polar surface area (TPSA) is 107 Å². The molecule has 8 heteroatoms. The molecular weight excluding hydrogens is 256 g/mol. The molecule has 0 saturated heterocycles. The molecule has 0 aliphatic carbocycles. The summed E-state index contributed by atoms with van der Waals surface area (Å²) < 4.78 is 1.98. The van der Waals surface area contributed by atoms with Crippen LogP contribution in [0.2, 0.25) is 0 Å². The van der Waals surface area contributed by atoms with E-state index in [-0.39, 0.29) is 0 Å². The van der Waals surface area contributed by atoms with Crippen molar-refractivity contribution in [3.05, 3.63) is 23.5 Å². The lowest BCUT2D eigenvalue weighted by Gasteiger charge is -2.13. The van der Waals surface area contributed by atoms with Gasteiger partial charge in [-0.3, -0.25) is 0 Å². The van der Waals surface area contributed by atoms with E-state index in [0.29, 0.717) is 12.4 Å². The van der Waals surface area contributed by atoms with Crippen molar-refractivity contribution in [2.45, 2.75) is 40.3 Å². The third-order valence-electron chi connectivity index (χ3n) is 3.10. The van der Waals surface area contributed by atoms with Gasteiger partial charge in [0.1, 0.15) is 23.8 Å². The first-order valence-electron chi connectivity index (χ1n) is 6.64. The summed E-state index contributed by atoms with van der Waals surface area (Å²) in [5.74, 6) is 8.49. The lowest BCUT2D eigenvalue weighted by Crippen LogP contribution is -2.15. The van der Waals surface area contributed by atoms with E-state index in [1.165, 1.54) is 0 Å². The minimum atomic E-state index is 0.554. The Hall–Kier alpha value is -2.22. The average molecular weight is 276 g/mol. The van der Waals surface area contributed by atoms with Crippen LogP contribution in [0.3, 0.4) is 0 Å². The van der Waals surface area contributed by atoms with Crippen molar-refractivity contribution in [1.29, 1.82) is 0 Å². The number of hydrazine groups is 1. The summed E-state index contributed by atoms with van der Waals surface area (Å²) >= 11 is 0. The number of nitrogens with zero attached hydrogens (tertiary/aromatic N) is 5. The van der Waals surface area contributed by atoms with Gasteiger partial charge in [0.2, 0.25) is 0 Å². The second kappa shape index (κ2) is 6.29.